The Labute approximate surface area is 282 Å². The number of allylic oxidation sites excluding steroid dienone is 1. The first-order chi connectivity index (χ1) is 23.5. The third-order valence-electron chi connectivity index (χ3n) is 8.43. The van der Waals surface area contributed by atoms with E-state index in [-0.39, 0.29) is 48.7 Å². The lowest BCUT2D eigenvalue weighted by atomic mass is 9.60. The number of non-ortho nitro benzene ring substituents is 1. The molecule has 1 aliphatic heterocycles. The molecule has 14 heteroatoms. The molecule has 0 radical (unpaired) electrons. The van der Waals surface area contributed by atoms with Crippen molar-refractivity contribution in [1.29, 1.82) is 5.26 Å². The molecule has 4 rings (SSSR count). The molecule has 0 fully saturated rings. The van der Waals surface area contributed by atoms with Crippen molar-refractivity contribution < 1.29 is 44.0 Å². The molecule has 258 valence electrons. The topological polar surface area (TPSA) is 214 Å². The molecule has 0 aromatic heterocycles. The molecule has 1 aliphatic rings. The van der Waals surface area contributed by atoms with Gasteiger partial charge in [0.05, 0.1) is 22.7 Å². The van der Waals surface area contributed by atoms with Crippen LogP contribution >= 0.6 is 0 Å². The minimum atomic E-state index is -1.72. The smallest absolute Gasteiger partial charge is 0.333 e. The lowest BCUT2D eigenvalue weighted by Gasteiger charge is -2.46. The number of hydrogen-bond acceptors (Lipinski definition) is 11. The van der Waals surface area contributed by atoms with Gasteiger partial charge in [-0.05, 0) is 55.8 Å². The number of hydrogen-bond donors (Lipinski definition) is 5. The van der Waals surface area contributed by atoms with Crippen LogP contribution in [0.2, 0.25) is 0 Å². The number of aliphatic hydroxyl groups is 1. The van der Waals surface area contributed by atoms with E-state index in [0.717, 1.165) is 0 Å². The number of carboxylic acids is 2. The summed E-state index contributed by atoms with van der Waals surface area (Å²) in [7, 11) is 0. The second-order valence-corrected chi connectivity index (χ2v) is 11.5. The Morgan fingerprint density at radius 2 is 1.71 bits per heavy atom. The first kappa shape index (κ1) is 36.2. The summed E-state index contributed by atoms with van der Waals surface area (Å²) in [4.78, 5) is 36.4. The molecule has 0 aliphatic carbocycles. The molecule has 4 atom stereocenters. The molecule has 5 N–H and O–H groups in total. The van der Waals surface area contributed by atoms with E-state index < -0.39 is 40.3 Å². The second kappa shape index (κ2) is 16.4. The van der Waals surface area contributed by atoms with Crippen LogP contribution < -0.4 is 24.8 Å². The maximum Gasteiger partial charge on any atom is 0.333 e. The number of nitro benzene ring substituents is 1. The number of benzene rings is 3. The van der Waals surface area contributed by atoms with Gasteiger partial charge in [0.2, 0.25) is 0 Å². The van der Waals surface area contributed by atoms with Crippen molar-refractivity contribution in [2.75, 3.05) is 32.9 Å². The normalized spacial score (nSPS) is 19.2. The van der Waals surface area contributed by atoms with Crippen molar-refractivity contribution >= 4 is 17.6 Å². The highest BCUT2D eigenvalue weighted by Gasteiger charge is 2.56. The van der Waals surface area contributed by atoms with Crippen LogP contribution in [0, 0.1) is 26.9 Å². The molecule has 14 nitrogen and oxygen atoms in total. The summed E-state index contributed by atoms with van der Waals surface area (Å²) in [5.41, 5.74) is -1.30. The van der Waals surface area contributed by atoms with Gasteiger partial charge in [-0.25, -0.2) is 4.79 Å². The number of carbonyl (C=O) groups is 2. The lowest BCUT2D eigenvalue weighted by Crippen LogP contribution is -2.57. The van der Waals surface area contributed by atoms with E-state index in [0.29, 0.717) is 36.0 Å². The van der Waals surface area contributed by atoms with Crippen molar-refractivity contribution in [2.45, 2.75) is 38.3 Å². The van der Waals surface area contributed by atoms with Gasteiger partial charge in [-0.2, -0.15) is 5.26 Å². The van der Waals surface area contributed by atoms with Crippen molar-refractivity contribution in [3.05, 3.63) is 105 Å². The van der Waals surface area contributed by atoms with Crippen LogP contribution in [0.5, 0.6) is 17.2 Å². The first-order valence-corrected chi connectivity index (χ1v) is 15.5. The summed E-state index contributed by atoms with van der Waals surface area (Å²) >= 11 is 0. The Bertz CT molecular complexity index is 1720. The number of ether oxygens (including phenoxy) is 3. The van der Waals surface area contributed by atoms with Gasteiger partial charge in [0.15, 0.2) is 0 Å². The number of nitrogens with zero attached hydrogens (tertiary/aromatic N) is 2. The fraction of sp³-hybridized carbons (Fsp3) is 0.343. The van der Waals surface area contributed by atoms with Crippen LogP contribution in [0.25, 0.3) is 0 Å². The lowest BCUT2D eigenvalue weighted by molar-refractivity contribution is -0.384. The second-order valence-electron chi connectivity index (χ2n) is 11.5. The minimum Gasteiger partial charge on any atom is -0.494 e. The van der Waals surface area contributed by atoms with Crippen LogP contribution in [0.15, 0.2) is 84.1 Å². The number of carboxylic acid groups (broad SMARTS) is 2. The van der Waals surface area contributed by atoms with Gasteiger partial charge in [-0.3, -0.25) is 14.9 Å². The number of nitrogens with one attached hydrogen (secondary N) is 2. The van der Waals surface area contributed by atoms with Crippen LogP contribution in [-0.4, -0.2) is 77.2 Å². The highest BCUT2D eigenvalue weighted by atomic mass is 16.6. The largest absolute Gasteiger partial charge is 0.494 e. The third kappa shape index (κ3) is 8.64. The van der Waals surface area contributed by atoms with Crippen LogP contribution in [0.3, 0.4) is 0 Å². The van der Waals surface area contributed by atoms with Gasteiger partial charge in [0.25, 0.3) is 5.69 Å². The summed E-state index contributed by atoms with van der Waals surface area (Å²) in [6.07, 6.45) is -0.910. The molecule has 4 unspecified atom stereocenters. The number of aliphatic hydroxyl groups excluding tert-OH is 1. The van der Waals surface area contributed by atoms with Crippen LogP contribution in [-0.2, 0) is 9.59 Å². The van der Waals surface area contributed by atoms with E-state index in [1.807, 2.05) is 6.07 Å². The maximum absolute atomic E-state index is 13.1. The number of nitriles is 1. The molecule has 1 heterocycles. The van der Waals surface area contributed by atoms with Crippen molar-refractivity contribution in [1.82, 2.24) is 10.6 Å². The Hall–Kier alpha value is -5.65. The van der Waals surface area contributed by atoms with E-state index in [2.05, 4.69) is 10.6 Å². The van der Waals surface area contributed by atoms with Crippen molar-refractivity contribution in [3.8, 4) is 23.3 Å². The van der Waals surface area contributed by atoms with Crippen LogP contribution in [0.4, 0.5) is 5.69 Å². The molecule has 0 saturated carbocycles. The quantitative estimate of drug-likeness (QED) is 0.0783. The molecule has 0 amide bonds. The van der Waals surface area contributed by atoms with E-state index in [1.54, 1.807) is 62.4 Å². The zero-order chi connectivity index (χ0) is 35.6. The van der Waals surface area contributed by atoms with Gasteiger partial charge in [-0.1, -0.05) is 24.3 Å². The third-order valence-corrected chi connectivity index (χ3v) is 8.43. The predicted octanol–water partition coefficient (Wildman–Crippen LogP) is 3.85. The Morgan fingerprint density at radius 1 is 1.04 bits per heavy atom. The fourth-order valence-corrected chi connectivity index (χ4v) is 6.01. The molecular formula is C35H38N4O10. The molecular weight excluding hydrogens is 636 g/mol. The SMILES string of the molecule is CC1=C(C(=O)O)C(c2cccc([N+](=O)[O-])c2)C(CCOc2ccc(OCCNCC(O)COc3ccccc3C#N)cc2)(C(=O)O)C(C)N1. The maximum atomic E-state index is 13.1. The van der Waals surface area contributed by atoms with Crippen molar-refractivity contribution in [3.63, 3.8) is 0 Å². The summed E-state index contributed by atoms with van der Waals surface area (Å²) < 4.78 is 17.2. The van der Waals surface area contributed by atoms with Gasteiger partial charge in [0.1, 0.15) is 48.1 Å². The molecule has 3 aromatic rings. The standard InChI is InChI=1S/C35H38N4O10/c1-22-31(33(41)42)32(24-7-5-8-26(18-24)39(45)46)35(34(43)44,23(2)38-22)14-16-47-28-10-12-29(13-11-28)48-17-15-37-20-27(40)21-49-30-9-4-3-6-25(30)19-36/h3-13,18,23,27,32,37-38,40H,14-17,20-21H2,1-2H3,(H,41,42)(H,43,44). The summed E-state index contributed by atoms with van der Waals surface area (Å²) in [6, 6.07) is 20.2. The van der Waals surface area contributed by atoms with Gasteiger partial charge in [-0.15, -0.1) is 0 Å². The van der Waals surface area contributed by atoms with Gasteiger partial charge in [0, 0.05) is 49.3 Å². The van der Waals surface area contributed by atoms with Gasteiger partial charge < -0.3 is 40.2 Å². The molecule has 0 spiro atoms. The molecule has 3 aromatic carbocycles. The van der Waals surface area contributed by atoms with E-state index >= 15 is 0 Å². The minimum absolute atomic E-state index is 0.0174. The summed E-state index contributed by atoms with van der Waals surface area (Å²) in [5.74, 6) is -2.41. The van der Waals surface area contributed by atoms with E-state index in [1.165, 1.54) is 24.3 Å². The fourth-order valence-electron chi connectivity index (χ4n) is 6.01. The zero-order valence-electron chi connectivity index (χ0n) is 27.0. The van der Waals surface area contributed by atoms with Gasteiger partial charge >= 0.3 is 11.9 Å². The Morgan fingerprint density at radius 3 is 2.35 bits per heavy atom. The average Bonchev–Trinajstić information content (AvgIpc) is 3.08. The molecule has 0 bridgehead atoms. The Balaban J connectivity index is 1.33. The summed E-state index contributed by atoms with van der Waals surface area (Å²) in [6.45, 7) is 4.11. The number of nitro groups is 1. The molecule has 0 saturated heterocycles. The monoisotopic (exact) mass is 674 g/mol. The number of aliphatic carboxylic acids is 2. The zero-order valence-corrected chi connectivity index (χ0v) is 27.0. The highest BCUT2D eigenvalue weighted by molar-refractivity contribution is 5.93. The first-order valence-electron chi connectivity index (χ1n) is 15.5. The number of para-hydroxylation sites is 1. The van der Waals surface area contributed by atoms with E-state index in [9.17, 15) is 35.0 Å². The van der Waals surface area contributed by atoms with E-state index in [4.69, 9.17) is 19.5 Å². The van der Waals surface area contributed by atoms with Crippen molar-refractivity contribution in [2.24, 2.45) is 5.41 Å². The summed E-state index contributed by atoms with van der Waals surface area (Å²) in [5, 5.41) is 57.7. The van der Waals surface area contributed by atoms with Crippen LogP contribution in [0.1, 0.15) is 37.3 Å². The predicted molar refractivity (Wildman–Crippen MR) is 176 cm³/mol. The highest BCUT2D eigenvalue weighted by Crippen LogP contribution is 2.50. The Kier molecular flexibility index (Phi) is 12.1. The molecule has 49 heavy (non-hydrogen) atoms. The number of rotatable bonds is 17. The average molecular weight is 675 g/mol.